The van der Waals surface area contributed by atoms with Crippen molar-refractivity contribution in [2.24, 2.45) is 0 Å². The number of carbonyl (C=O) groups excluding carboxylic acids is 1. The number of pyridine rings is 1. The van der Waals surface area contributed by atoms with Crippen LogP contribution in [0.2, 0.25) is 0 Å². The number of methoxy groups -OCH3 is 1. The number of anilines is 1. The monoisotopic (exact) mass is 411 g/mol. The maximum absolute atomic E-state index is 12.6. The zero-order valence-corrected chi connectivity index (χ0v) is 17.9. The van der Waals surface area contributed by atoms with E-state index >= 15 is 0 Å². The number of nitrogens with zero attached hydrogens (tertiary/aromatic N) is 2. The van der Waals surface area contributed by atoms with Crippen LogP contribution in [0.25, 0.3) is 21.3 Å². The Morgan fingerprint density at radius 2 is 2.14 bits per heavy atom. The van der Waals surface area contributed by atoms with Gasteiger partial charge in [0.15, 0.2) is 0 Å². The number of esters is 1. The summed E-state index contributed by atoms with van der Waals surface area (Å²) in [4.78, 5) is 21.0. The highest BCUT2D eigenvalue weighted by molar-refractivity contribution is 7.21. The quantitative estimate of drug-likeness (QED) is 0.651. The van der Waals surface area contributed by atoms with Gasteiger partial charge < -0.3 is 20.1 Å². The topological polar surface area (TPSA) is 77.7 Å². The molecule has 29 heavy (non-hydrogen) atoms. The summed E-state index contributed by atoms with van der Waals surface area (Å²) >= 11 is 1.31. The molecule has 0 atom stereocenters. The van der Waals surface area contributed by atoms with Crippen LogP contribution in [0.15, 0.2) is 24.3 Å². The summed E-state index contributed by atoms with van der Waals surface area (Å²) in [7, 11) is 3.76. The third kappa shape index (κ3) is 3.56. The van der Waals surface area contributed by atoms with Gasteiger partial charge in [-0.2, -0.15) is 0 Å². The minimum absolute atomic E-state index is 0.209. The molecule has 2 aromatic heterocycles. The summed E-state index contributed by atoms with van der Waals surface area (Å²) < 4.78 is 10.8. The number of hydrogen-bond donors (Lipinski definition) is 1. The number of aromatic nitrogens is 1. The lowest BCUT2D eigenvalue weighted by Gasteiger charge is -2.27. The molecule has 0 bridgehead atoms. The highest BCUT2D eigenvalue weighted by Gasteiger charge is 2.27. The SMILES string of the molecule is COc1cccc(-c2c3c(nc4sc(C(=O)OC(C)C)c(N)c24)CCN(C)C3)c1. The van der Waals surface area contributed by atoms with Gasteiger partial charge in [-0.25, -0.2) is 9.78 Å². The van der Waals surface area contributed by atoms with Crippen LogP contribution in [0.4, 0.5) is 5.69 Å². The van der Waals surface area contributed by atoms with Crippen molar-refractivity contribution in [3.8, 4) is 16.9 Å². The average molecular weight is 412 g/mol. The van der Waals surface area contributed by atoms with Crippen LogP contribution in [-0.2, 0) is 17.7 Å². The Bertz CT molecular complexity index is 1090. The van der Waals surface area contributed by atoms with Crippen molar-refractivity contribution >= 4 is 33.2 Å². The van der Waals surface area contributed by atoms with E-state index in [9.17, 15) is 4.79 Å². The second kappa shape index (κ2) is 7.65. The maximum atomic E-state index is 12.6. The highest BCUT2D eigenvalue weighted by atomic mass is 32.1. The molecule has 2 N–H and O–H groups in total. The van der Waals surface area contributed by atoms with Gasteiger partial charge in [0, 0.05) is 36.2 Å². The molecule has 1 aliphatic rings. The predicted molar refractivity (Wildman–Crippen MR) is 117 cm³/mol. The fraction of sp³-hybridized carbons (Fsp3) is 0.364. The van der Waals surface area contributed by atoms with Crippen LogP contribution < -0.4 is 10.5 Å². The molecule has 3 aromatic rings. The Balaban J connectivity index is 2.01. The highest BCUT2D eigenvalue weighted by Crippen LogP contribution is 2.44. The number of carbonyl (C=O) groups is 1. The minimum atomic E-state index is -0.396. The molecule has 3 heterocycles. The lowest BCUT2D eigenvalue weighted by molar-refractivity contribution is 0.0385. The molecule has 4 rings (SSSR count). The number of likely N-dealkylation sites (N-methyl/N-ethyl adjacent to an activating group) is 1. The normalized spacial score (nSPS) is 14.2. The van der Waals surface area contributed by atoms with Crippen LogP contribution in [-0.4, -0.2) is 42.7 Å². The molecule has 0 radical (unpaired) electrons. The van der Waals surface area contributed by atoms with Crippen molar-refractivity contribution in [1.82, 2.24) is 9.88 Å². The van der Waals surface area contributed by atoms with E-state index in [2.05, 4.69) is 18.0 Å². The Kier molecular flexibility index (Phi) is 5.19. The van der Waals surface area contributed by atoms with Gasteiger partial charge in [-0.1, -0.05) is 12.1 Å². The number of hydrogen-bond acceptors (Lipinski definition) is 7. The fourth-order valence-corrected chi connectivity index (χ4v) is 4.78. The number of benzene rings is 1. The molecular formula is C22H25N3O3S. The lowest BCUT2D eigenvalue weighted by Crippen LogP contribution is -2.27. The Hall–Kier alpha value is -2.64. The Morgan fingerprint density at radius 1 is 1.34 bits per heavy atom. The van der Waals surface area contributed by atoms with Crippen molar-refractivity contribution in [2.45, 2.75) is 32.9 Å². The van der Waals surface area contributed by atoms with Gasteiger partial charge in [0.2, 0.25) is 0 Å². The van der Waals surface area contributed by atoms with Gasteiger partial charge in [0.25, 0.3) is 0 Å². The first-order valence-corrected chi connectivity index (χ1v) is 10.5. The number of rotatable bonds is 4. The first-order chi connectivity index (χ1) is 13.9. The van der Waals surface area contributed by atoms with E-state index in [1.807, 2.05) is 32.0 Å². The van der Waals surface area contributed by atoms with Crippen molar-refractivity contribution in [3.63, 3.8) is 0 Å². The van der Waals surface area contributed by atoms with E-state index in [0.29, 0.717) is 10.6 Å². The number of nitrogens with two attached hydrogens (primary N) is 1. The first kappa shape index (κ1) is 19.7. The molecule has 0 fully saturated rings. The molecule has 0 spiro atoms. The van der Waals surface area contributed by atoms with Crippen molar-refractivity contribution in [3.05, 3.63) is 40.4 Å². The maximum Gasteiger partial charge on any atom is 0.350 e. The molecule has 0 saturated carbocycles. The second-order valence-electron chi connectivity index (χ2n) is 7.61. The van der Waals surface area contributed by atoms with E-state index in [1.165, 1.54) is 11.3 Å². The van der Waals surface area contributed by atoms with Gasteiger partial charge >= 0.3 is 5.97 Å². The van der Waals surface area contributed by atoms with Crippen LogP contribution in [0.5, 0.6) is 5.75 Å². The molecule has 0 aliphatic carbocycles. The first-order valence-electron chi connectivity index (χ1n) is 9.66. The van der Waals surface area contributed by atoms with Crippen molar-refractivity contribution < 1.29 is 14.3 Å². The van der Waals surface area contributed by atoms with Crippen LogP contribution in [0, 0.1) is 0 Å². The molecule has 152 valence electrons. The van der Waals surface area contributed by atoms with Crippen LogP contribution >= 0.6 is 11.3 Å². The zero-order chi connectivity index (χ0) is 20.7. The number of ether oxygens (including phenoxy) is 2. The van der Waals surface area contributed by atoms with Crippen molar-refractivity contribution in [2.75, 3.05) is 26.4 Å². The molecule has 0 saturated heterocycles. The molecule has 0 amide bonds. The number of nitrogen functional groups attached to an aromatic ring is 1. The third-order valence-corrected chi connectivity index (χ3v) is 6.19. The number of fused-ring (bicyclic) bond motifs is 2. The largest absolute Gasteiger partial charge is 0.497 e. The summed E-state index contributed by atoms with van der Waals surface area (Å²) in [5.41, 5.74) is 11.2. The van der Waals surface area contributed by atoms with Gasteiger partial charge in [0.1, 0.15) is 15.5 Å². The zero-order valence-electron chi connectivity index (χ0n) is 17.1. The summed E-state index contributed by atoms with van der Waals surface area (Å²) in [5.74, 6) is 0.380. The summed E-state index contributed by atoms with van der Waals surface area (Å²) in [5, 5.41) is 0.827. The Morgan fingerprint density at radius 3 is 2.86 bits per heavy atom. The molecule has 1 aromatic carbocycles. The van der Waals surface area contributed by atoms with E-state index < -0.39 is 5.97 Å². The predicted octanol–water partition coefficient (Wildman–Crippen LogP) is 4.11. The summed E-state index contributed by atoms with van der Waals surface area (Å²) in [6.07, 6.45) is 0.655. The van der Waals surface area contributed by atoms with E-state index in [0.717, 1.165) is 57.9 Å². The minimum Gasteiger partial charge on any atom is -0.497 e. The Labute approximate surface area is 174 Å². The van der Waals surface area contributed by atoms with Crippen molar-refractivity contribution in [1.29, 1.82) is 0 Å². The molecule has 6 nitrogen and oxygen atoms in total. The average Bonchev–Trinajstić information content (AvgIpc) is 3.02. The van der Waals surface area contributed by atoms with Crippen LogP contribution in [0.3, 0.4) is 0 Å². The molecule has 1 aliphatic heterocycles. The molecule has 0 unspecified atom stereocenters. The molecule has 7 heteroatoms. The standard InChI is InChI=1S/C22H25N3O3S/c1-12(2)28-22(26)20-19(23)18-17(13-6-5-7-14(10-13)27-4)15-11-25(3)9-8-16(15)24-21(18)29-20/h5-7,10,12H,8-9,11,23H2,1-4H3. The van der Waals surface area contributed by atoms with E-state index in [1.54, 1.807) is 7.11 Å². The van der Waals surface area contributed by atoms with Crippen LogP contribution in [0.1, 0.15) is 34.8 Å². The molecular weight excluding hydrogens is 386 g/mol. The smallest absolute Gasteiger partial charge is 0.350 e. The lowest BCUT2D eigenvalue weighted by atomic mass is 9.92. The van der Waals surface area contributed by atoms with E-state index in [-0.39, 0.29) is 6.10 Å². The third-order valence-electron chi connectivity index (χ3n) is 5.11. The second-order valence-corrected chi connectivity index (χ2v) is 8.61. The van der Waals surface area contributed by atoms with E-state index in [4.69, 9.17) is 20.2 Å². The fourth-order valence-electron chi connectivity index (χ4n) is 3.78. The summed E-state index contributed by atoms with van der Waals surface area (Å²) in [6, 6.07) is 7.95. The van der Waals surface area contributed by atoms with Gasteiger partial charge in [-0.3, -0.25) is 0 Å². The number of thiophene rings is 1. The summed E-state index contributed by atoms with van der Waals surface area (Å²) in [6.45, 7) is 5.39. The van der Waals surface area contributed by atoms with Gasteiger partial charge in [0.05, 0.1) is 18.9 Å². The van der Waals surface area contributed by atoms with Gasteiger partial charge in [-0.05, 0) is 44.2 Å². The van der Waals surface area contributed by atoms with Gasteiger partial charge in [-0.15, -0.1) is 11.3 Å².